The van der Waals surface area contributed by atoms with Crippen molar-refractivity contribution in [2.45, 2.75) is 40.2 Å². The van der Waals surface area contributed by atoms with Crippen LogP contribution in [0.1, 0.15) is 43.3 Å². The molecule has 0 bridgehead atoms. The van der Waals surface area contributed by atoms with E-state index in [-0.39, 0.29) is 6.04 Å². The van der Waals surface area contributed by atoms with Gasteiger partial charge in [-0.25, -0.2) is 9.97 Å². The summed E-state index contributed by atoms with van der Waals surface area (Å²) in [4.78, 5) is 13.1. The van der Waals surface area contributed by atoms with Crippen LogP contribution in [0, 0.1) is 19.8 Å². The van der Waals surface area contributed by atoms with Gasteiger partial charge >= 0.3 is 0 Å². The molecule has 4 heteroatoms. The Morgan fingerprint density at radius 3 is 2.40 bits per heavy atom. The van der Waals surface area contributed by atoms with E-state index in [4.69, 9.17) is 0 Å². The van der Waals surface area contributed by atoms with Crippen LogP contribution < -0.4 is 5.32 Å². The maximum absolute atomic E-state index is 4.46. The summed E-state index contributed by atoms with van der Waals surface area (Å²) in [6, 6.07) is 6.22. The molecule has 106 valence electrons. The molecule has 1 unspecified atom stereocenters. The highest BCUT2D eigenvalue weighted by molar-refractivity contribution is 5.32. The SMILES string of the molecule is Cc1cc(C)nc(NC(CC(C)C)c2cccnc2)n1. The van der Waals surface area contributed by atoms with Crippen molar-refractivity contribution >= 4 is 5.95 Å². The maximum Gasteiger partial charge on any atom is 0.223 e. The molecule has 0 aliphatic carbocycles. The molecule has 2 aromatic heterocycles. The van der Waals surface area contributed by atoms with E-state index in [9.17, 15) is 0 Å². The fourth-order valence-corrected chi connectivity index (χ4v) is 2.28. The molecule has 0 radical (unpaired) electrons. The number of nitrogens with one attached hydrogen (secondary N) is 1. The number of pyridine rings is 1. The first-order valence-electron chi connectivity index (χ1n) is 7.03. The second-order valence-electron chi connectivity index (χ2n) is 5.59. The standard InChI is InChI=1S/C16H22N4/c1-11(2)8-15(14-6-5-7-17-10-14)20-16-18-12(3)9-13(4)19-16/h5-7,9-11,15H,8H2,1-4H3,(H,18,19,20). The third-order valence-electron chi connectivity index (χ3n) is 3.08. The van der Waals surface area contributed by atoms with Gasteiger partial charge in [-0.2, -0.15) is 0 Å². The first-order valence-corrected chi connectivity index (χ1v) is 7.03. The molecule has 2 heterocycles. The monoisotopic (exact) mass is 270 g/mol. The minimum atomic E-state index is 0.185. The Morgan fingerprint density at radius 1 is 1.15 bits per heavy atom. The van der Waals surface area contributed by atoms with Crippen LogP contribution in [0.3, 0.4) is 0 Å². The van der Waals surface area contributed by atoms with Crippen LogP contribution in [0.2, 0.25) is 0 Å². The summed E-state index contributed by atoms with van der Waals surface area (Å²) < 4.78 is 0. The molecule has 0 saturated carbocycles. The van der Waals surface area contributed by atoms with Crippen LogP contribution in [0.4, 0.5) is 5.95 Å². The zero-order chi connectivity index (χ0) is 14.5. The van der Waals surface area contributed by atoms with Gasteiger partial charge in [-0.3, -0.25) is 4.98 Å². The van der Waals surface area contributed by atoms with E-state index in [0.717, 1.165) is 17.8 Å². The van der Waals surface area contributed by atoms with E-state index >= 15 is 0 Å². The van der Waals surface area contributed by atoms with Crippen LogP contribution >= 0.6 is 0 Å². The Balaban J connectivity index is 2.23. The third kappa shape index (κ3) is 4.02. The fraction of sp³-hybridized carbons (Fsp3) is 0.438. The number of hydrogen-bond donors (Lipinski definition) is 1. The van der Waals surface area contributed by atoms with E-state index < -0.39 is 0 Å². The molecule has 0 spiro atoms. The molecule has 0 aliphatic heterocycles. The average molecular weight is 270 g/mol. The molecule has 1 N–H and O–H groups in total. The second-order valence-corrected chi connectivity index (χ2v) is 5.59. The van der Waals surface area contributed by atoms with Gasteiger partial charge in [0.1, 0.15) is 0 Å². The van der Waals surface area contributed by atoms with Gasteiger partial charge in [0.25, 0.3) is 0 Å². The highest BCUT2D eigenvalue weighted by atomic mass is 15.1. The van der Waals surface area contributed by atoms with Crippen molar-refractivity contribution in [3.63, 3.8) is 0 Å². The second kappa shape index (κ2) is 6.46. The Bertz CT molecular complexity index is 531. The van der Waals surface area contributed by atoms with Crippen molar-refractivity contribution in [1.82, 2.24) is 15.0 Å². The molecule has 2 rings (SSSR count). The quantitative estimate of drug-likeness (QED) is 0.900. The summed E-state index contributed by atoms with van der Waals surface area (Å²) in [6.45, 7) is 8.41. The van der Waals surface area contributed by atoms with E-state index in [1.807, 2.05) is 32.2 Å². The lowest BCUT2D eigenvalue weighted by molar-refractivity contribution is 0.527. The van der Waals surface area contributed by atoms with Gasteiger partial charge in [-0.15, -0.1) is 0 Å². The summed E-state index contributed by atoms with van der Waals surface area (Å²) in [5.74, 6) is 1.27. The van der Waals surface area contributed by atoms with Crippen LogP contribution in [0.5, 0.6) is 0 Å². The first-order chi connectivity index (χ1) is 9.54. The fourth-order valence-electron chi connectivity index (χ4n) is 2.28. The molecular weight excluding hydrogens is 248 g/mol. The van der Waals surface area contributed by atoms with Gasteiger partial charge in [0.05, 0.1) is 6.04 Å². The highest BCUT2D eigenvalue weighted by Crippen LogP contribution is 2.24. The number of aromatic nitrogens is 3. The van der Waals surface area contributed by atoms with E-state index in [1.165, 1.54) is 5.56 Å². The Morgan fingerprint density at radius 2 is 1.85 bits per heavy atom. The van der Waals surface area contributed by atoms with Crippen molar-refractivity contribution in [2.75, 3.05) is 5.32 Å². The number of aryl methyl sites for hydroxylation is 2. The molecule has 2 aromatic rings. The van der Waals surface area contributed by atoms with Gasteiger partial charge in [0.15, 0.2) is 0 Å². The summed E-state index contributed by atoms with van der Waals surface area (Å²) in [5, 5.41) is 3.45. The number of rotatable bonds is 5. The van der Waals surface area contributed by atoms with Crippen molar-refractivity contribution < 1.29 is 0 Å². The number of anilines is 1. The zero-order valence-corrected chi connectivity index (χ0v) is 12.6. The van der Waals surface area contributed by atoms with E-state index in [1.54, 1.807) is 6.20 Å². The summed E-state index contributed by atoms with van der Waals surface area (Å²) in [6.07, 6.45) is 4.72. The van der Waals surface area contributed by atoms with Crippen LogP contribution in [0.25, 0.3) is 0 Å². The molecule has 20 heavy (non-hydrogen) atoms. The Hall–Kier alpha value is -1.97. The third-order valence-corrected chi connectivity index (χ3v) is 3.08. The van der Waals surface area contributed by atoms with Crippen molar-refractivity contribution in [2.24, 2.45) is 5.92 Å². The Labute approximate surface area is 120 Å². The predicted molar refractivity (Wildman–Crippen MR) is 81.6 cm³/mol. The molecule has 0 fully saturated rings. The van der Waals surface area contributed by atoms with Crippen LogP contribution in [-0.4, -0.2) is 15.0 Å². The molecule has 1 atom stereocenters. The lowest BCUT2D eigenvalue weighted by atomic mass is 9.98. The zero-order valence-electron chi connectivity index (χ0n) is 12.6. The molecule has 4 nitrogen and oxygen atoms in total. The Kier molecular flexibility index (Phi) is 4.66. The molecule has 0 aliphatic rings. The van der Waals surface area contributed by atoms with Crippen molar-refractivity contribution in [3.8, 4) is 0 Å². The smallest absolute Gasteiger partial charge is 0.223 e. The summed E-state index contributed by atoms with van der Waals surface area (Å²) in [7, 11) is 0. The van der Waals surface area contributed by atoms with Gasteiger partial charge < -0.3 is 5.32 Å². The summed E-state index contributed by atoms with van der Waals surface area (Å²) >= 11 is 0. The van der Waals surface area contributed by atoms with Gasteiger partial charge in [-0.05, 0) is 43.9 Å². The summed E-state index contributed by atoms with van der Waals surface area (Å²) in [5.41, 5.74) is 3.13. The van der Waals surface area contributed by atoms with Gasteiger partial charge in [-0.1, -0.05) is 19.9 Å². The predicted octanol–water partition coefficient (Wildman–Crippen LogP) is 3.69. The van der Waals surface area contributed by atoms with Crippen molar-refractivity contribution in [3.05, 3.63) is 47.5 Å². The normalized spacial score (nSPS) is 12.4. The minimum absolute atomic E-state index is 0.185. The lowest BCUT2D eigenvalue weighted by Crippen LogP contribution is -2.16. The first kappa shape index (κ1) is 14.4. The lowest BCUT2D eigenvalue weighted by Gasteiger charge is -2.21. The van der Waals surface area contributed by atoms with Crippen molar-refractivity contribution in [1.29, 1.82) is 0 Å². The molecule has 0 amide bonds. The minimum Gasteiger partial charge on any atom is -0.347 e. The number of hydrogen-bond acceptors (Lipinski definition) is 4. The highest BCUT2D eigenvalue weighted by Gasteiger charge is 2.15. The van der Waals surface area contributed by atoms with Crippen LogP contribution in [-0.2, 0) is 0 Å². The van der Waals surface area contributed by atoms with E-state index in [2.05, 4.69) is 40.2 Å². The van der Waals surface area contributed by atoms with Gasteiger partial charge in [0, 0.05) is 23.8 Å². The van der Waals surface area contributed by atoms with E-state index in [0.29, 0.717) is 11.9 Å². The largest absolute Gasteiger partial charge is 0.347 e. The van der Waals surface area contributed by atoms with Gasteiger partial charge in [0.2, 0.25) is 5.95 Å². The topological polar surface area (TPSA) is 50.7 Å². The molecular formula is C16H22N4. The average Bonchev–Trinajstić information content (AvgIpc) is 2.37. The molecule has 0 saturated heterocycles. The number of nitrogens with zero attached hydrogens (tertiary/aromatic N) is 3. The molecule has 0 aromatic carbocycles. The maximum atomic E-state index is 4.46. The van der Waals surface area contributed by atoms with Crippen LogP contribution in [0.15, 0.2) is 30.6 Å².